The van der Waals surface area contributed by atoms with Gasteiger partial charge in [-0.25, -0.2) is 0 Å². The Bertz CT molecular complexity index is 1250. The fraction of sp³-hybridized carbons (Fsp3) is 0.467. The van der Waals surface area contributed by atoms with Crippen molar-refractivity contribution in [2.45, 2.75) is 38.0 Å². The molecule has 0 aliphatic carbocycles. The molecule has 42 heavy (non-hydrogen) atoms. The molecule has 0 unspecified atom stereocenters. The molecular weight excluding hydrogens is 580 g/mol. The number of likely N-dealkylation sites (N-methyl/N-ethyl adjacent to an activating group) is 1. The summed E-state index contributed by atoms with van der Waals surface area (Å²) in [6, 6.07) is 11.5. The lowest BCUT2D eigenvalue weighted by Crippen LogP contribution is -2.47. The first-order valence-corrected chi connectivity index (χ1v) is 15.4. The number of halogens is 1. The SMILES string of the molecule is COc1cc2ccc1OCC(=O)N[C@@H](C)C(=O)N(C)CCCCN(C(=O)CSCc1ccccc1Cl)CCCNC2=O. The van der Waals surface area contributed by atoms with Crippen LogP contribution in [-0.2, 0) is 20.1 Å². The van der Waals surface area contributed by atoms with Gasteiger partial charge in [0.05, 0.1) is 12.9 Å². The number of carbonyl (C=O) groups is 4. The number of benzene rings is 2. The number of hydrogen-bond donors (Lipinski definition) is 2. The van der Waals surface area contributed by atoms with E-state index in [9.17, 15) is 19.2 Å². The molecule has 2 aliphatic rings. The highest BCUT2D eigenvalue weighted by Crippen LogP contribution is 2.28. The van der Waals surface area contributed by atoms with Crippen LogP contribution in [0.3, 0.4) is 0 Å². The van der Waals surface area contributed by atoms with Crippen LogP contribution in [0.5, 0.6) is 11.5 Å². The van der Waals surface area contributed by atoms with Gasteiger partial charge in [0.25, 0.3) is 11.8 Å². The van der Waals surface area contributed by atoms with Crippen LogP contribution in [0.4, 0.5) is 0 Å². The van der Waals surface area contributed by atoms with Crippen molar-refractivity contribution in [1.29, 1.82) is 0 Å². The third-order valence-electron chi connectivity index (χ3n) is 6.76. The monoisotopic (exact) mass is 618 g/mol. The number of amides is 4. The van der Waals surface area contributed by atoms with E-state index in [2.05, 4.69) is 10.6 Å². The maximum Gasteiger partial charge on any atom is 0.258 e. The highest BCUT2D eigenvalue weighted by Gasteiger charge is 2.21. The normalized spacial score (nSPS) is 18.0. The molecule has 4 amide bonds. The van der Waals surface area contributed by atoms with E-state index in [1.165, 1.54) is 24.9 Å². The number of methoxy groups -OCH3 is 1. The quantitative estimate of drug-likeness (QED) is 0.494. The van der Waals surface area contributed by atoms with Crippen molar-refractivity contribution in [3.05, 3.63) is 58.6 Å². The summed E-state index contributed by atoms with van der Waals surface area (Å²) in [4.78, 5) is 54.6. The first kappa shape index (κ1) is 33.1. The van der Waals surface area contributed by atoms with Crippen molar-refractivity contribution in [3.8, 4) is 11.5 Å². The van der Waals surface area contributed by atoms with Crippen LogP contribution in [0.15, 0.2) is 42.5 Å². The van der Waals surface area contributed by atoms with Crippen LogP contribution >= 0.6 is 23.4 Å². The zero-order valence-corrected chi connectivity index (χ0v) is 25.9. The summed E-state index contributed by atoms with van der Waals surface area (Å²) >= 11 is 7.76. The van der Waals surface area contributed by atoms with Crippen LogP contribution in [-0.4, -0.2) is 92.2 Å². The van der Waals surface area contributed by atoms with Gasteiger partial charge >= 0.3 is 0 Å². The van der Waals surface area contributed by atoms with E-state index in [1.807, 2.05) is 29.2 Å². The molecule has 0 aromatic heterocycles. The number of hydrogen-bond acceptors (Lipinski definition) is 7. The largest absolute Gasteiger partial charge is 0.493 e. The van der Waals surface area contributed by atoms with Crippen LogP contribution in [0.2, 0.25) is 5.02 Å². The van der Waals surface area contributed by atoms with Crippen molar-refractivity contribution in [2.75, 3.05) is 52.7 Å². The Balaban J connectivity index is 1.67. The molecule has 228 valence electrons. The number of carbonyl (C=O) groups excluding carboxylic acids is 4. The minimum absolute atomic E-state index is 0.0119. The van der Waals surface area contributed by atoms with E-state index >= 15 is 0 Å². The predicted molar refractivity (Wildman–Crippen MR) is 164 cm³/mol. The summed E-state index contributed by atoms with van der Waals surface area (Å²) in [5.41, 5.74) is 1.36. The molecule has 0 radical (unpaired) electrons. The lowest BCUT2D eigenvalue weighted by molar-refractivity contribution is -0.135. The molecule has 2 aromatic carbocycles. The van der Waals surface area contributed by atoms with Gasteiger partial charge in [0.2, 0.25) is 11.8 Å². The number of rotatable bonds is 5. The average molecular weight is 619 g/mol. The topological polar surface area (TPSA) is 117 Å². The second-order valence-corrected chi connectivity index (χ2v) is 11.4. The molecule has 2 bridgehead atoms. The summed E-state index contributed by atoms with van der Waals surface area (Å²) in [5.74, 6) is 0.588. The van der Waals surface area contributed by atoms with Gasteiger partial charge in [-0.05, 0) is 56.0 Å². The third-order valence-corrected chi connectivity index (χ3v) is 8.10. The summed E-state index contributed by atoms with van der Waals surface area (Å²) in [6.07, 6.45) is 1.97. The second kappa shape index (κ2) is 16.9. The molecule has 0 saturated heterocycles. The van der Waals surface area contributed by atoms with Crippen molar-refractivity contribution in [3.63, 3.8) is 0 Å². The third kappa shape index (κ3) is 10.1. The lowest BCUT2D eigenvalue weighted by atomic mass is 10.2. The minimum Gasteiger partial charge on any atom is -0.493 e. The van der Waals surface area contributed by atoms with Gasteiger partial charge in [-0.1, -0.05) is 29.8 Å². The molecule has 2 heterocycles. The van der Waals surface area contributed by atoms with Gasteiger partial charge in [-0.15, -0.1) is 11.8 Å². The molecule has 2 aliphatic heterocycles. The number of ether oxygens (including phenoxy) is 2. The van der Waals surface area contributed by atoms with E-state index < -0.39 is 11.9 Å². The molecule has 0 saturated carbocycles. The first-order chi connectivity index (χ1) is 20.2. The standard InChI is InChI=1S/C30H39ClN4O6S/c1-21-30(39)34(2)14-6-7-15-35(28(37)20-42-19-23-9-4-5-10-24(23)31)16-8-13-32-29(38)22-11-12-25(26(17-22)40-3)41-18-27(36)33-21/h4-5,9-12,17,21H,6-8,13-16,18-20H2,1-3H3,(H,32,38)(H,33,36)/t21-/m0/s1. The zero-order valence-electron chi connectivity index (χ0n) is 24.3. The Kier molecular flexibility index (Phi) is 13.3. The van der Waals surface area contributed by atoms with Gasteiger partial charge in [0.15, 0.2) is 18.1 Å². The second-order valence-electron chi connectivity index (χ2n) is 9.98. The highest BCUT2D eigenvalue weighted by molar-refractivity contribution is 7.99. The van der Waals surface area contributed by atoms with Crippen molar-refractivity contribution in [2.24, 2.45) is 0 Å². The van der Waals surface area contributed by atoms with Crippen molar-refractivity contribution >= 4 is 47.0 Å². The molecule has 2 N–H and O–H groups in total. The Morgan fingerprint density at radius 3 is 2.60 bits per heavy atom. The van der Waals surface area contributed by atoms with E-state index in [0.29, 0.717) is 79.0 Å². The molecule has 4 rings (SSSR count). The minimum atomic E-state index is -0.735. The Labute approximate surface area is 256 Å². The molecular formula is C30H39ClN4O6S. The van der Waals surface area contributed by atoms with Crippen molar-refractivity contribution < 1.29 is 28.7 Å². The summed E-state index contributed by atoms with van der Waals surface area (Å²) in [5, 5.41) is 6.23. The van der Waals surface area contributed by atoms with Crippen LogP contribution in [0.1, 0.15) is 42.1 Å². The van der Waals surface area contributed by atoms with Crippen LogP contribution in [0, 0.1) is 0 Å². The van der Waals surface area contributed by atoms with Gasteiger partial charge in [-0.2, -0.15) is 0 Å². The van der Waals surface area contributed by atoms with Crippen LogP contribution in [0.25, 0.3) is 0 Å². The van der Waals surface area contributed by atoms with E-state index in [0.717, 1.165) is 5.56 Å². The van der Waals surface area contributed by atoms with Gasteiger partial charge in [0, 0.05) is 49.6 Å². The van der Waals surface area contributed by atoms with E-state index in [4.69, 9.17) is 21.1 Å². The number of nitrogens with zero attached hydrogens (tertiary/aromatic N) is 2. The van der Waals surface area contributed by atoms with Gasteiger partial charge in [0.1, 0.15) is 6.04 Å². The summed E-state index contributed by atoms with van der Waals surface area (Å²) in [7, 11) is 3.14. The maximum absolute atomic E-state index is 13.2. The smallest absolute Gasteiger partial charge is 0.258 e. The van der Waals surface area contributed by atoms with E-state index in [-0.39, 0.29) is 24.3 Å². The predicted octanol–water partition coefficient (Wildman–Crippen LogP) is 3.37. The van der Waals surface area contributed by atoms with Gasteiger partial charge < -0.3 is 29.9 Å². The summed E-state index contributed by atoms with van der Waals surface area (Å²) in [6.45, 7) is 3.19. The number of thioether (sulfide) groups is 1. The molecule has 10 nitrogen and oxygen atoms in total. The van der Waals surface area contributed by atoms with Crippen molar-refractivity contribution in [1.82, 2.24) is 20.4 Å². The Morgan fingerprint density at radius 2 is 1.83 bits per heavy atom. The number of nitrogens with one attached hydrogen (secondary N) is 2. The van der Waals surface area contributed by atoms with Gasteiger partial charge in [-0.3, -0.25) is 19.2 Å². The van der Waals surface area contributed by atoms with Crippen LogP contribution < -0.4 is 20.1 Å². The molecule has 0 fully saturated rings. The Hall–Kier alpha value is -3.44. The molecule has 1 atom stereocenters. The Morgan fingerprint density at radius 1 is 1.10 bits per heavy atom. The van der Waals surface area contributed by atoms with E-state index in [1.54, 1.807) is 31.0 Å². The lowest BCUT2D eigenvalue weighted by Gasteiger charge is -2.25. The summed E-state index contributed by atoms with van der Waals surface area (Å²) < 4.78 is 10.9. The average Bonchev–Trinajstić information content (AvgIpc) is 2.98. The number of fused-ring (bicyclic) bond motifs is 18. The molecule has 12 heteroatoms. The fourth-order valence-electron chi connectivity index (χ4n) is 4.40. The maximum atomic E-state index is 13.2. The molecule has 2 aromatic rings. The fourth-order valence-corrected chi connectivity index (χ4v) is 5.61. The first-order valence-electron chi connectivity index (χ1n) is 13.9. The highest BCUT2D eigenvalue weighted by atomic mass is 35.5. The molecule has 0 spiro atoms. The zero-order chi connectivity index (χ0) is 30.5.